The molecule has 0 aromatic heterocycles. The van der Waals surface area contributed by atoms with Crippen molar-refractivity contribution in [2.75, 3.05) is 26.2 Å². The molecule has 1 aromatic carbocycles. The molecule has 0 radical (unpaired) electrons. The van der Waals surface area contributed by atoms with Crippen molar-refractivity contribution in [2.45, 2.75) is 46.1 Å². The predicted octanol–water partition coefficient (Wildman–Crippen LogP) is 2.10. The number of carbonyl (C=O) groups is 1. The summed E-state index contributed by atoms with van der Waals surface area (Å²) >= 11 is 0. The van der Waals surface area contributed by atoms with Gasteiger partial charge in [0.2, 0.25) is 5.91 Å². The van der Waals surface area contributed by atoms with Crippen LogP contribution < -0.4 is 10.6 Å². The maximum atomic E-state index is 11.8. The van der Waals surface area contributed by atoms with Gasteiger partial charge in [-0.15, -0.1) is 0 Å². The molecule has 5 heteroatoms. The zero-order valence-corrected chi connectivity index (χ0v) is 15.1. The fourth-order valence-electron chi connectivity index (χ4n) is 3.02. The molecule has 1 saturated heterocycles. The third-order valence-corrected chi connectivity index (χ3v) is 4.44. The summed E-state index contributed by atoms with van der Waals surface area (Å²) in [6.45, 7) is 9.33. The number of aliphatic imine (C=N–C) groups is 1. The van der Waals surface area contributed by atoms with Gasteiger partial charge in [0, 0.05) is 38.6 Å². The molecule has 1 aliphatic rings. The maximum Gasteiger partial charge on any atom is 0.222 e. The van der Waals surface area contributed by atoms with Crippen LogP contribution in [0.4, 0.5) is 0 Å². The normalized spacial score (nSPS) is 17.9. The highest BCUT2D eigenvalue weighted by Crippen LogP contribution is 2.11. The SMILES string of the molecule is CCNC(=NCCc1ccccc1C)NC1CCN(C(=O)CC)C1. The van der Waals surface area contributed by atoms with Crippen LogP contribution in [0.2, 0.25) is 0 Å². The molecule has 2 N–H and O–H groups in total. The van der Waals surface area contributed by atoms with Gasteiger partial charge in [-0.05, 0) is 37.8 Å². The number of likely N-dealkylation sites (tertiary alicyclic amines) is 1. The van der Waals surface area contributed by atoms with Gasteiger partial charge in [0.05, 0.1) is 0 Å². The van der Waals surface area contributed by atoms with Gasteiger partial charge < -0.3 is 15.5 Å². The van der Waals surface area contributed by atoms with Gasteiger partial charge in [-0.25, -0.2) is 0 Å². The molecule has 132 valence electrons. The molecule has 1 unspecified atom stereocenters. The van der Waals surface area contributed by atoms with E-state index in [1.54, 1.807) is 0 Å². The molecule has 2 rings (SSSR count). The van der Waals surface area contributed by atoms with Crippen molar-refractivity contribution < 1.29 is 4.79 Å². The van der Waals surface area contributed by atoms with E-state index < -0.39 is 0 Å². The van der Waals surface area contributed by atoms with Gasteiger partial charge in [-0.3, -0.25) is 9.79 Å². The van der Waals surface area contributed by atoms with Crippen LogP contribution in [0.1, 0.15) is 37.8 Å². The number of hydrogen-bond acceptors (Lipinski definition) is 2. The molecule has 0 bridgehead atoms. The first kappa shape index (κ1) is 18.3. The number of carbonyl (C=O) groups excluding carboxylic acids is 1. The molecule has 0 saturated carbocycles. The van der Waals surface area contributed by atoms with Crippen molar-refractivity contribution in [3.05, 3.63) is 35.4 Å². The van der Waals surface area contributed by atoms with E-state index in [2.05, 4.69) is 48.7 Å². The summed E-state index contributed by atoms with van der Waals surface area (Å²) in [6.07, 6.45) is 2.50. The fourth-order valence-corrected chi connectivity index (χ4v) is 3.02. The summed E-state index contributed by atoms with van der Waals surface area (Å²) in [5.41, 5.74) is 2.66. The summed E-state index contributed by atoms with van der Waals surface area (Å²) < 4.78 is 0. The predicted molar refractivity (Wildman–Crippen MR) is 99.3 cm³/mol. The molecule has 24 heavy (non-hydrogen) atoms. The second-order valence-corrected chi connectivity index (χ2v) is 6.26. The lowest BCUT2D eigenvalue weighted by molar-refractivity contribution is -0.129. The number of aryl methyl sites for hydroxylation is 1. The van der Waals surface area contributed by atoms with Crippen molar-refractivity contribution in [2.24, 2.45) is 4.99 Å². The van der Waals surface area contributed by atoms with E-state index >= 15 is 0 Å². The molecule has 1 fully saturated rings. The fraction of sp³-hybridized carbons (Fsp3) is 0.579. The Balaban J connectivity index is 1.87. The van der Waals surface area contributed by atoms with E-state index in [-0.39, 0.29) is 11.9 Å². The van der Waals surface area contributed by atoms with E-state index in [4.69, 9.17) is 4.99 Å². The summed E-state index contributed by atoms with van der Waals surface area (Å²) in [7, 11) is 0. The number of benzene rings is 1. The highest BCUT2D eigenvalue weighted by atomic mass is 16.2. The lowest BCUT2D eigenvalue weighted by Gasteiger charge is -2.18. The van der Waals surface area contributed by atoms with Crippen LogP contribution in [-0.4, -0.2) is 49.0 Å². The van der Waals surface area contributed by atoms with Gasteiger partial charge in [0.1, 0.15) is 0 Å². The average Bonchev–Trinajstić information content (AvgIpc) is 3.04. The van der Waals surface area contributed by atoms with Crippen molar-refractivity contribution in [3.63, 3.8) is 0 Å². The minimum Gasteiger partial charge on any atom is -0.357 e. The number of amides is 1. The number of rotatable bonds is 6. The zero-order valence-electron chi connectivity index (χ0n) is 15.1. The Hall–Kier alpha value is -2.04. The maximum absolute atomic E-state index is 11.8. The molecule has 1 heterocycles. The zero-order chi connectivity index (χ0) is 17.4. The summed E-state index contributed by atoms with van der Waals surface area (Å²) in [6, 6.07) is 8.73. The summed E-state index contributed by atoms with van der Waals surface area (Å²) in [5.74, 6) is 1.09. The largest absolute Gasteiger partial charge is 0.357 e. The Morgan fingerprint density at radius 3 is 2.83 bits per heavy atom. The molecule has 0 spiro atoms. The van der Waals surface area contributed by atoms with Gasteiger partial charge in [0.25, 0.3) is 0 Å². The smallest absolute Gasteiger partial charge is 0.222 e. The molecule has 5 nitrogen and oxygen atoms in total. The average molecular weight is 330 g/mol. The Morgan fingerprint density at radius 2 is 2.12 bits per heavy atom. The Bertz CT molecular complexity index is 570. The van der Waals surface area contributed by atoms with Gasteiger partial charge in [-0.1, -0.05) is 31.2 Å². The number of nitrogens with one attached hydrogen (secondary N) is 2. The Kier molecular flexibility index (Phi) is 7.09. The minimum atomic E-state index is 0.237. The molecule has 1 aromatic rings. The second-order valence-electron chi connectivity index (χ2n) is 6.26. The van der Waals surface area contributed by atoms with Crippen LogP contribution in [0, 0.1) is 6.92 Å². The Morgan fingerprint density at radius 1 is 1.33 bits per heavy atom. The van der Waals surface area contributed by atoms with Crippen molar-refractivity contribution in [1.29, 1.82) is 0 Å². The van der Waals surface area contributed by atoms with Crippen LogP contribution in [0.25, 0.3) is 0 Å². The molecule has 1 aliphatic heterocycles. The van der Waals surface area contributed by atoms with Crippen molar-refractivity contribution in [1.82, 2.24) is 15.5 Å². The topological polar surface area (TPSA) is 56.7 Å². The monoisotopic (exact) mass is 330 g/mol. The molecule has 0 aliphatic carbocycles. The summed E-state index contributed by atoms with van der Waals surface area (Å²) in [4.78, 5) is 18.4. The first-order valence-corrected chi connectivity index (χ1v) is 9.01. The lowest BCUT2D eigenvalue weighted by atomic mass is 10.1. The molecule has 1 atom stereocenters. The Labute approximate surface area is 145 Å². The second kappa shape index (κ2) is 9.30. The van der Waals surface area contributed by atoms with E-state index in [9.17, 15) is 4.79 Å². The lowest BCUT2D eigenvalue weighted by Crippen LogP contribution is -2.45. The molecule has 1 amide bonds. The van der Waals surface area contributed by atoms with Crippen LogP contribution in [0.15, 0.2) is 29.3 Å². The third-order valence-electron chi connectivity index (χ3n) is 4.44. The van der Waals surface area contributed by atoms with Crippen molar-refractivity contribution in [3.8, 4) is 0 Å². The number of nitrogens with zero attached hydrogens (tertiary/aromatic N) is 2. The van der Waals surface area contributed by atoms with Gasteiger partial charge in [0.15, 0.2) is 5.96 Å². The van der Waals surface area contributed by atoms with E-state index in [1.807, 2.05) is 11.8 Å². The molecular weight excluding hydrogens is 300 g/mol. The highest BCUT2D eigenvalue weighted by molar-refractivity contribution is 5.80. The van der Waals surface area contributed by atoms with Crippen LogP contribution in [0.5, 0.6) is 0 Å². The van der Waals surface area contributed by atoms with E-state index in [0.29, 0.717) is 6.42 Å². The van der Waals surface area contributed by atoms with E-state index in [1.165, 1.54) is 11.1 Å². The van der Waals surface area contributed by atoms with Crippen molar-refractivity contribution >= 4 is 11.9 Å². The number of guanidine groups is 1. The highest BCUT2D eigenvalue weighted by Gasteiger charge is 2.25. The minimum absolute atomic E-state index is 0.237. The van der Waals surface area contributed by atoms with Gasteiger partial charge >= 0.3 is 0 Å². The van der Waals surface area contributed by atoms with Crippen LogP contribution >= 0.6 is 0 Å². The third kappa shape index (κ3) is 5.25. The number of hydrogen-bond donors (Lipinski definition) is 2. The quantitative estimate of drug-likeness (QED) is 0.620. The van der Waals surface area contributed by atoms with E-state index in [0.717, 1.165) is 45.0 Å². The summed E-state index contributed by atoms with van der Waals surface area (Å²) in [5, 5.41) is 6.78. The van der Waals surface area contributed by atoms with Crippen LogP contribution in [-0.2, 0) is 11.2 Å². The van der Waals surface area contributed by atoms with Gasteiger partial charge in [-0.2, -0.15) is 0 Å². The first-order chi connectivity index (χ1) is 11.6. The van der Waals surface area contributed by atoms with Crippen LogP contribution in [0.3, 0.4) is 0 Å². The standard InChI is InChI=1S/C19H30N4O/c1-4-18(24)23-13-11-17(14-23)22-19(20-5-2)21-12-10-16-9-7-6-8-15(16)3/h6-9,17H,4-5,10-14H2,1-3H3,(H2,20,21,22). The molecular formula is C19H30N4O. The first-order valence-electron chi connectivity index (χ1n) is 9.01.